The van der Waals surface area contributed by atoms with Crippen molar-refractivity contribution in [2.75, 3.05) is 7.11 Å². The zero-order valence-electron chi connectivity index (χ0n) is 14.2. The zero-order chi connectivity index (χ0) is 19.4. The van der Waals surface area contributed by atoms with Crippen molar-refractivity contribution >= 4 is 40.5 Å². The number of nitrogens with two attached hydrogens (primary N) is 1. The number of primary amides is 1. The maximum atomic E-state index is 12.7. The molecule has 1 aromatic carbocycles. The maximum absolute atomic E-state index is 12.7. The number of ether oxygens (including phenoxy) is 1. The number of amides is 2. The Labute approximate surface area is 158 Å². The highest BCUT2D eigenvalue weighted by Gasteiger charge is 2.34. The number of hydrogen-bond donors (Lipinski definition) is 2. The Kier molecular flexibility index (Phi) is 5.36. The summed E-state index contributed by atoms with van der Waals surface area (Å²) in [5, 5.41) is 0.272. The van der Waals surface area contributed by atoms with E-state index in [4.69, 9.17) is 5.73 Å². The molecule has 0 unspecified atom stereocenters. The standard InChI is InChI=1S/C17H15N5O4S/c1-26-12(23)7-11-16(25)22(8-10-5-3-2-4-6-10)17(27-11)21-15-13(14(18)24)19-9-20-15/h2-7,9H,8H2,1H3,(H2,18,24)(H,19,20). The normalized spacial score (nSPS) is 16.9. The minimum atomic E-state index is -0.721. The summed E-state index contributed by atoms with van der Waals surface area (Å²) in [6, 6.07) is 9.29. The van der Waals surface area contributed by atoms with Crippen LogP contribution in [0.5, 0.6) is 0 Å². The van der Waals surface area contributed by atoms with Crippen molar-refractivity contribution in [1.82, 2.24) is 14.9 Å². The van der Waals surface area contributed by atoms with Crippen molar-refractivity contribution in [3.05, 3.63) is 58.9 Å². The number of nitrogens with zero attached hydrogens (tertiary/aromatic N) is 3. The van der Waals surface area contributed by atoms with E-state index in [1.54, 1.807) is 0 Å². The van der Waals surface area contributed by atoms with Gasteiger partial charge in [0.05, 0.1) is 24.9 Å². The molecule has 2 heterocycles. The molecule has 138 valence electrons. The molecule has 27 heavy (non-hydrogen) atoms. The molecule has 0 atom stereocenters. The van der Waals surface area contributed by atoms with E-state index in [0.717, 1.165) is 23.4 Å². The molecule has 0 bridgehead atoms. The Bertz CT molecular complexity index is 951. The molecule has 1 aliphatic heterocycles. The fraction of sp³-hybridized carbons (Fsp3) is 0.118. The average Bonchev–Trinajstić information content (AvgIpc) is 3.23. The van der Waals surface area contributed by atoms with E-state index in [9.17, 15) is 14.4 Å². The van der Waals surface area contributed by atoms with Crippen LogP contribution in [0.1, 0.15) is 16.1 Å². The lowest BCUT2D eigenvalue weighted by Crippen LogP contribution is -2.28. The number of amidine groups is 1. The first-order chi connectivity index (χ1) is 13.0. The van der Waals surface area contributed by atoms with Gasteiger partial charge < -0.3 is 15.5 Å². The van der Waals surface area contributed by atoms with Gasteiger partial charge in [0, 0.05) is 6.08 Å². The van der Waals surface area contributed by atoms with Gasteiger partial charge >= 0.3 is 5.97 Å². The topological polar surface area (TPSA) is 131 Å². The summed E-state index contributed by atoms with van der Waals surface area (Å²) in [6.07, 6.45) is 2.39. The number of methoxy groups -OCH3 is 1. The Morgan fingerprint density at radius 1 is 1.37 bits per heavy atom. The van der Waals surface area contributed by atoms with E-state index in [0.29, 0.717) is 0 Å². The van der Waals surface area contributed by atoms with Gasteiger partial charge in [-0.05, 0) is 17.3 Å². The summed E-state index contributed by atoms with van der Waals surface area (Å²) in [4.78, 5) is 48.2. The van der Waals surface area contributed by atoms with Gasteiger partial charge in [-0.15, -0.1) is 0 Å². The third-order valence-electron chi connectivity index (χ3n) is 3.59. The van der Waals surface area contributed by atoms with Crippen molar-refractivity contribution in [2.24, 2.45) is 10.7 Å². The van der Waals surface area contributed by atoms with Gasteiger partial charge in [0.25, 0.3) is 11.8 Å². The molecule has 1 fully saturated rings. The molecule has 1 aliphatic rings. The number of esters is 1. The molecule has 1 aromatic heterocycles. The minimum absolute atomic E-state index is 0.0283. The molecule has 0 saturated carbocycles. The van der Waals surface area contributed by atoms with Crippen LogP contribution in [0.25, 0.3) is 0 Å². The fourth-order valence-corrected chi connectivity index (χ4v) is 3.25. The van der Waals surface area contributed by atoms with E-state index < -0.39 is 17.8 Å². The number of benzene rings is 1. The second-order valence-electron chi connectivity index (χ2n) is 5.37. The first kappa shape index (κ1) is 18.4. The number of thioether (sulfide) groups is 1. The molecule has 2 aromatic rings. The van der Waals surface area contributed by atoms with E-state index in [-0.39, 0.29) is 28.1 Å². The third-order valence-corrected chi connectivity index (χ3v) is 4.60. The van der Waals surface area contributed by atoms with Gasteiger partial charge in [0.2, 0.25) is 0 Å². The summed E-state index contributed by atoms with van der Waals surface area (Å²) in [5.41, 5.74) is 6.19. The second-order valence-corrected chi connectivity index (χ2v) is 6.38. The monoisotopic (exact) mass is 385 g/mol. The summed E-state index contributed by atoms with van der Waals surface area (Å²) >= 11 is 0.989. The van der Waals surface area contributed by atoms with E-state index >= 15 is 0 Å². The van der Waals surface area contributed by atoms with Gasteiger partial charge in [-0.2, -0.15) is 0 Å². The minimum Gasteiger partial charge on any atom is -0.466 e. The van der Waals surface area contributed by atoms with Crippen molar-refractivity contribution in [3.8, 4) is 0 Å². The highest BCUT2D eigenvalue weighted by molar-refractivity contribution is 8.18. The Morgan fingerprint density at radius 3 is 2.78 bits per heavy atom. The van der Waals surface area contributed by atoms with Crippen molar-refractivity contribution in [1.29, 1.82) is 0 Å². The molecule has 0 radical (unpaired) electrons. The molecule has 3 rings (SSSR count). The molecule has 0 aliphatic carbocycles. The molecule has 3 N–H and O–H groups in total. The van der Waals surface area contributed by atoms with Gasteiger partial charge in [-0.25, -0.2) is 14.8 Å². The Morgan fingerprint density at radius 2 is 2.11 bits per heavy atom. The smallest absolute Gasteiger partial charge is 0.331 e. The molecule has 9 nitrogen and oxygen atoms in total. The van der Waals surface area contributed by atoms with Crippen LogP contribution in [-0.2, 0) is 20.9 Å². The van der Waals surface area contributed by atoms with Crippen molar-refractivity contribution in [2.45, 2.75) is 6.54 Å². The number of nitrogens with one attached hydrogen (secondary N) is 1. The first-order valence-corrected chi connectivity index (χ1v) is 8.56. The first-order valence-electron chi connectivity index (χ1n) is 7.74. The molecule has 2 amide bonds. The molecule has 1 saturated heterocycles. The highest BCUT2D eigenvalue weighted by atomic mass is 32.2. The summed E-state index contributed by atoms with van der Waals surface area (Å²) in [6.45, 7) is 0.236. The second kappa shape index (κ2) is 7.87. The SMILES string of the molecule is COC(=O)C=C1SC(=Nc2nc[nH]c2C(N)=O)N(Cc2ccccc2)C1=O. The highest BCUT2D eigenvalue weighted by Crippen LogP contribution is 2.34. The van der Waals surface area contributed by atoms with Crippen LogP contribution in [-0.4, -0.2) is 44.9 Å². The number of rotatable bonds is 5. The van der Waals surface area contributed by atoms with E-state index in [2.05, 4.69) is 19.7 Å². The lowest BCUT2D eigenvalue weighted by molar-refractivity contribution is -0.135. The third kappa shape index (κ3) is 4.06. The van der Waals surface area contributed by atoms with Crippen LogP contribution in [0.15, 0.2) is 52.6 Å². The number of hydrogen-bond acceptors (Lipinski definition) is 7. The van der Waals surface area contributed by atoms with Crippen LogP contribution in [0.4, 0.5) is 5.82 Å². The van der Waals surface area contributed by atoms with Crippen molar-refractivity contribution < 1.29 is 19.1 Å². The number of carbonyl (C=O) groups excluding carboxylic acids is 3. The maximum Gasteiger partial charge on any atom is 0.331 e. The van der Waals surface area contributed by atoms with Crippen LogP contribution >= 0.6 is 11.8 Å². The zero-order valence-corrected chi connectivity index (χ0v) is 15.0. The van der Waals surface area contributed by atoms with Crippen LogP contribution in [0.3, 0.4) is 0 Å². The van der Waals surface area contributed by atoms with Crippen molar-refractivity contribution in [3.63, 3.8) is 0 Å². The van der Waals surface area contributed by atoms with Gasteiger partial charge in [0.15, 0.2) is 16.7 Å². The van der Waals surface area contributed by atoms with Crippen LogP contribution < -0.4 is 5.73 Å². The molecule has 0 spiro atoms. The Balaban J connectivity index is 1.99. The molecular formula is C17H15N5O4S. The van der Waals surface area contributed by atoms with Gasteiger partial charge in [0.1, 0.15) is 0 Å². The summed E-state index contributed by atoms with van der Waals surface area (Å²) in [7, 11) is 1.23. The number of carbonyl (C=O) groups is 3. The quantitative estimate of drug-likeness (QED) is 0.590. The predicted octanol–water partition coefficient (Wildman–Crippen LogP) is 1.33. The number of imidazole rings is 1. The van der Waals surface area contributed by atoms with Crippen LogP contribution in [0.2, 0.25) is 0 Å². The van der Waals surface area contributed by atoms with E-state index in [1.165, 1.54) is 18.3 Å². The summed E-state index contributed by atoms with van der Waals surface area (Å²) < 4.78 is 4.59. The van der Waals surface area contributed by atoms with E-state index in [1.807, 2.05) is 30.3 Å². The largest absolute Gasteiger partial charge is 0.466 e. The number of aliphatic imine (C=N–C) groups is 1. The van der Waals surface area contributed by atoms with Gasteiger partial charge in [-0.1, -0.05) is 30.3 Å². The average molecular weight is 385 g/mol. The molecular weight excluding hydrogens is 370 g/mol. The molecule has 10 heteroatoms. The fourth-order valence-electron chi connectivity index (χ4n) is 2.31. The lowest BCUT2D eigenvalue weighted by atomic mass is 10.2. The predicted molar refractivity (Wildman–Crippen MR) is 98.9 cm³/mol. The lowest BCUT2D eigenvalue weighted by Gasteiger charge is -2.15. The van der Waals surface area contributed by atoms with Crippen LogP contribution in [0, 0.1) is 0 Å². The number of H-pyrrole nitrogens is 1. The van der Waals surface area contributed by atoms with Gasteiger partial charge in [-0.3, -0.25) is 14.5 Å². The number of aromatic amines is 1. The number of aromatic nitrogens is 2. The summed E-state index contributed by atoms with van der Waals surface area (Å²) in [5.74, 6) is -1.70. The Hall–Kier alpha value is -3.40.